The van der Waals surface area contributed by atoms with Crippen LogP contribution in [-0.2, 0) is 14.3 Å². The van der Waals surface area contributed by atoms with Crippen LogP contribution in [0.1, 0.15) is 17.3 Å². The molecule has 28 heavy (non-hydrogen) atoms. The number of carbonyl (C=O) groups is 3. The number of rotatable bonds is 6. The van der Waals surface area contributed by atoms with Crippen LogP contribution in [0.5, 0.6) is 0 Å². The topological polar surface area (TPSA) is 84.5 Å². The summed E-state index contributed by atoms with van der Waals surface area (Å²) in [7, 11) is 0. The Morgan fingerprint density at radius 2 is 1.75 bits per heavy atom. The van der Waals surface area contributed by atoms with Crippen LogP contribution in [0.25, 0.3) is 0 Å². The maximum Gasteiger partial charge on any atom is 0.340 e. The van der Waals surface area contributed by atoms with Gasteiger partial charge in [-0.05, 0) is 31.2 Å². The second-order valence-corrected chi connectivity index (χ2v) is 5.92. The van der Waals surface area contributed by atoms with Gasteiger partial charge in [0.1, 0.15) is 0 Å². The number of carbonyl (C=O) groups excluding carboxylic acids is 3. The molecule has 2 N–H and O–H groups in total. The van der Waals surface area contributed by atoms with Gasteiger partial charge in [0.15, 0.2) is 23.6 Å². The smallest absolute Gasteiger partial charge is 0.340 e. The highest BCUT2D eigenvalue weighted by molar-refractivity contribution is 6.33. The molecule has 0 heterocycles. The Morgan fingerprint density at radius 3 is 2.43 bits per heavy atom. The minimum Gasteiger partial charge on any atom is -0.449 e. The van der Waals surface area contributed by atoms with Crippen molar-refractivity contribution in [3.05, 3.63) is 64.4 Å². The molecule has 2 amide bonds. The van der Waals surface area contributed by atoms with E-state index in [1.54, 1.807) is 12.1 Å². The lowest BCUT2D eigenvalue weighted by Crippen LogP contribution is -2.40. The lowest BCUT2D eigenvalue weighted by Gasteiger charge is -2.14. The first kappa shape index (κ1) is 21.2. The monoisotopic (exact) mass is 414 g/mol. The van der Waals surface area contributed by atoms with E-state index in [2.05, 4.69) is 5.32 Å². The Morgan fingerprint density at radius 1 is 1.07 bits per heavy atom. The molecule has 0 aliphatic carbocycles. The molecule has 0 fully saturated rings. The number of amides is 2. The molecule has 6 nitrogen and oxygen atoms in total. The van der Waals surface area contributed by atoms with E-state index in [1.165, 1.54) is 19.1 Å². The van der Waals surface area contributed by atoms with E-state index < -0.39 is 53.6 Å². The summed E-state index contributed by atoms with van der Waals surface area (Å²) in [6.45, 7) is 0.655. The van der Waals surface area contributed by atoms with Crippen LogP contribution in [-0.4, -0.2) is 30.4 Å². The highest BCUT2D eigenvalue weighted by Gasteiger charge is 2.21. The standard InChI is InChI=1S/C18H14ClF3N2O4/c1-9(28-18(27)10-4-2-3-5-11(10)19)17(26)23-8-14(25)24-13-7-6-12(20)15(21)16(13)22/h2-7,9H,8H2,1H3,(H,23,26)(H,24,25). The lowest BCUT2D eigenvalue weighted by atomic mass is 10.2. The van der Waals surface area contributed by atoms with Crippen molar-refractivity contribution in [2.75, 3.05) is 11.9 Å². The van der Waals surface area contributed by atoms with Gasteiger partial charge in [0.05, 0.1) is 22.8 Å². The summed E-state index contributed by atoms with van der Waals surface area (Å²) in [6.07, 6.45) is -1.25. The molecule has 0 aromatic heterocycles. The summed E-state index contributed by atoms with van der Waals surface area (Å²) in [5.74, 6) is -7.24. The maximum atomic E-state index is 13.5. The van der Waals surface area contributed by atoms with Crippen molar-refractivity contribution in [2.24, 2.45) is 0 Å². The average Bonchev–Trinajstić information content (AvgIpc) is 2.66. The number of halogens is 4. The van der Waals surface area contributed by atoms with Crippen LogP contribution in [0.2, 0.25) is 5.02 Å². The molecule has 2 rings (SSSR count). The summed E-state index contributed by atoms with van der Waals surface area (Å²) in [5, 5.41) is 4.30. The van der Waals surface area contributed by atoms with Crippen molar-refractivity contribution in [3.8, 4) is 0 Å². The van der Waals surface area contributed by atoms with Crippen LogP contribution < -0.4 is 10.6 Å². The quantitative estimate of drug-likeness (QED) is 0.562. The van der Waals surface area contributed by atoms with E-state index in [9.17, 15) is 27.6 Å². The van der Waals surface area contributed by atoms with Gasteiger partial charge in [0, 0.05) is 0 Å². The van der Waals surface area contributed by atoms with Gasteiger partial charge in [0.25, 0.3) is 5.91 Å². The number of anilines is 1. The fraction of sp³-hybridized carbons (Fsp3) is 0.167. The molecule has 0 radical (unpaired) electrons. The van der Waals surface area contributed by atoms with Crippen molar-refractivity contribution in [2.45, 2.75) is 13.0 Å². The number of esters is 1. The van der Waals surface area contributed by atoms with Gasteiger partial charge in [-0.1, -0.05) is 23.7 Å². The summed E-state index contributed by atoms with van der Waals surface area (Å²) in [6, 6.07) is 7.55. The zero-order chi connectivity index (χ0) is 20.8. The average molecular weight is 415 g/mol. The van der Waals surface area contributed by atoms with E-state index in [1.807, 2.05) is 5.32 Å². The van der Waals surface area contributed by atoms with Crippen molar-refractivity contribution in [1.82, 2.24) is 5.32 Å². The van der Waals surface area contributed by atoms with Gasteiger partial charge >= 0.3 is 5.97 Å². The normalized spacial score (nSPS) is 11.5. The number of hydrogen-bond donors (Lipinski definition) is 2. The van der Waals surface area contributed by atoms with Gasteiger partial charge in [-0.15, -0.1) is 0 Å². The zero-order valence-electron chi connectivity index (χ0n) is 14.4. The number of nitrogens with one attached hydrogen (secondary N) is 2. The third-order valence-corrected chi connectivity index (χ3v) is 3.81. The van der Waals surface area contributed by atoms with E-state index in [4.69, 9.17) is 16.3 Å². The molecular weight excluding hydrogens is 401 g/mol. The Hall–Kier alpha value is -3.07. The van der Waals surface area contributed by atoms with Gasteiger partial charge in [-0.25, -0.2) is 18.0 Å². The Bertz CT molecular complexity index is 924. The lowest BCUT2D eigenvalue weighted by molar-refractivity contribution is -0.130. The molecule has 0 aliphatic heterocycles. The zero-order valence-corrected chi connectivity index (χ0v) is 15.1. The highest BCUT2D eigenvalue weighted by Crippen LogP contribution is 2.19. The summed E-state index contributed by atoms with van der Waals surface area (Å²) >= 11 is 5.86. The van der Waals surface area contributed by atoms with Crippen molar-refractivity contribution < 1.29 is 32.3 Å². The second kappa shape index (κ2) is 9.23. The molecule has 0 saturated carbocycles. The number of benzene rings is 2. The minimum absolute atomic E-state index is 0.0652. The van der Waals surface area contributed by atoms with Crippen molar-refractivity contribution >= 4 is 35.1 Å². The largest absolute Gasteiger partial charge is 0.449 e. The minimum atomic E-state index is -1.73. The molecule has 2 aromatic carbocycles. The first-order valence-electron chi connectivity index (χ1n) is 7.87. The third kappa shape index (κ3) is 5.23. The molecular formula is C18H14ClF3N2O4. The molecule has 10 heteroatoms. The Labute approximate surface area is 162 Å². The van der Waals surface area contributed by atoms with Crippen LogP contribution in [0.15, 0.2) is 36.4 Å². The molecule has 2 aromatic rings. The van der Waals surface area contributed by atoms with Gasteiger partial charge in [-0.2, -0.15) is 0 Å². The molecule has 1 atom stereocenters. The first-order valence-corrected chi connectivity index (χ1v) is 8.25. The molecule has 148 valence electrons. The number of ether oxygens (including phenoxy) is 1. The third-order valence-electron chi connectivity index (χ3n) is 3.48. The molecule has 1 unspecified atom stereocenters. The molecule has 0 spiro atoms. The van der Waals surface area contributed by atoms with Crippen molar-refractivity contribution in [1.29, 1.82) is 0 Å². The van der Waals surface area contributed by atoms with Gasteiger partial charge in [0.2, 0.25) is 5.91 Å². The SMILES string of the molecule is CC(OC(=O)c1ccccc1Cl)C(=O)NCC(=O)Nc1ccc(F)c(F)c1F. The maximum absolute atomic E-state index is 13.5. The van der Waals surface area contributed by atoms with Crippen molar-refractivity contribution in [3.63, 3.8) is 0 Å². The Kier molecular flexibility index (Phi) is 7.00. The van der Waals surface area contributed by atoms with Crippen LogP contribution in [0, 0.1) is 17.5 Å². The van der Waals surface area contributed by atoms with E-state index >= 15 is 0 Å². The number of hydrogen-bond acceptors (Lipinski definition) is 4. The van der Waals surface area contributed by atoms with E-state index in [0.717, 1.165) is 6.07 Å². The van der Waals surface area contributed by atoms with E-state index in [-0.39, 0.29) is 10.6 Å². The summed E-state index contributed by atoms with van der Waals surface area (Å²) in [4.78, 5) is 35.7. The Balaban J connectivity index is 1.87. The fourth-order valence-corrected chi connectivity index (χ4v) is 2.25. The summed E-state index contributed by atoms with van der Waals surface area (Å²) < 4.78 is 44.4. The van der Waals surface area contributed by atoms with Crippen LogP contribution >= 0.6 is 11.6 Å². The molecule has 0 saturated heterocycles. The van der Waals surface area contributed by atoms with Gasteiger partial charge < -0.3 is 15.4 Å². The fourth-order valence-electron chi connectivity index (χ4n) is 2.03. The predicted octanol–water partition coefficient (Wildman–Crippen LogP) is 3.06. The highest BCUT2D eigenvalue weighted by atomic mass is 35.5. The molecule has 0 bridgehead atoms. The van der Waals surface area contributed by atoms with E-state index in [0.29, 0.717) is 6.07 Å². The predicted molar refractivity (Wildman–Crippen MR) is 94.3 cm³/mol. The molecule has 0 aliphatic rings. The van der Waals surface area contributed by atoms with Gasteiger partial charge in [-0.3, -0.25) is 9.59 Å². The second-order valence-electron chi connectivity index (χ2n) is 5.52. The first-order chi connectivity index (χ1) is 13.2. The summed E-state index contributed by atoms with van der Waals surface area (Å²) in [5.41, 5.74) is -0.522. The van der Waals surface area contributed by atoms with Crippen LogP contribution in [0.4, 0.5) is 18.9 Å². The van der Waals surface area contributed by atoms with Crippen LogP contribution in [0.3, 0.4) is 0 Å².